The molecular weight excluding hydrogens is 814 g/mol. The van der Waals surface area contributed by atoms with Crippen molar-refractivity contribution >= 4 is 49.3 Å². The summed E-state index contributed by atoms with van der Waals surface area (Å²) in [6, 6.07) is 32.9. The number of benzene rings is 3. The van der Waals surface area contributed by atoms with Gasteiger partial charge in [0.25, 0.3) is 0 Å². The van der Waals surface area contributed by atoms with Crippen LogP contribution in [0.15, 0.2) is 103 Å². The molecular formula is C38H32FGeIrN3S-2. The van der Waals surface area contributed by atoms with Gasteiger partial charge in [-0.15, -0.1) is 23.8 Å². The zero-order valence-electron chi connectivity index (χ0n) is 30.8. The second-order valence-electron chi connectivity index (χ2n) is 11.3. The molecule has 227 valence electrons. The quantitative estimate of drug-likeness (QED) is 0.131. The molecule has 0 atom stereocenters. The van der Waals surface area contributed by atoms with E-state index in [0.29, 0.717) is 16.1 Å². The van der Waals surface area contributed by atoms with E-state index < -0.39 is 27.0 Å². The van der Waals surface area contributed by atoms with Crippen molar-refractivity contribution in [1.29, 1.82) is 0 Å². The maximum Gasteiger partial charge on any atom is 0 e. The molecule has 0 N–H and O–H groups in total. The Balaban J connectivity index is 0.000000237. The SMILES string of the molecule is [2H]C([2H])([2H])c1ccc2c(n1)sc1c(-c3cc(-c4ccccc4)c(C([2H])([2H])[2H])cn3)[c-]ccc12.[CH3][Ge]([CH3])([CH3])[c]1ccc(-c2[c-]cc(F)cc2)nc1.[Ir]. The zero-order valence-corrected chi connectivity index (χ0v) is 30.1. The first-order valence-corrected chi connectivity index (χ1v) is 22.2. The van der Waals surface area contributed by atoms with Crippen LogP contribution >= 0.6 is 11.3 Å². The summed E-state index contributed by atoms with van der Waals surface area (Å²) in [5, 5.41) is 1.79. The Morgan fingerprint density at radius 3 is 2.33 bits per heavy atom. The molecule has 45 heavy (non-hydrogen) atoms. The minimum absolute atomic E-state index is 0. The number of rotatable bonds is 4. The minimum atomic E-state index is -2.31. The summed E-state index contributed by atoms with van der Waals surface area (Å²) in [5.74, 6) is 6.73. The fourth-order valence-corrected chi connectivity index (χ4v) is 8.17. The molecule has 4 aromatic heterocycles. The second-order valence-corrected chi connectivity index (χ2v) is 23.0. The summed E-state index contributed by atoms with van der Waals surface area (Å²) in [4.78, 5) is 13.9. The van der Waals surface area contributed by atoms with Gasteiger partial charge in [0.1, 0.15) is 4.83 Å². The van der Waals surface area contributed by atoms with E-state index in [0.717, 1.165) is 37.9 Å². The third-order valence-corrected chi connectivity index (χ3v) is 12.6. The van der Waals surface area contributed by atoms with E-state index in [2.05, 4.69) is 50.4 Å². The fraction of sp³-hybridized carbons (Fsp3) is 0.132. The van der Waals surface area contributed by atoms with Crippen molar-refractivity contribution in [2.45, 2.75) is 31.0 Å². The van der Waals surface area contributed by atoms with Gasteiger partial charge in [-0.25, -0.2) is 4.98 Å². The van der Waals surface area contributed by atoms with Crippen molar-refractivity contribution in [2.75, 3.05) is 0 Å². The van der Waals surface area contributed by atoms with Gasteiger partial charge in [0.2, 0.25) is 0 Å². The number of fused-ring (bicyclic) bond motifs is 3. The van der Waals surface area contributed by atoms with Gasteiger partial charge in [0, 0.05) is 40.2 Å². The minimum Gasteiger partial charge on any atom is 0 e. The van der Waals surface area contributed by atoms with Gasteiger partial charge in [0.05, 0.1) is 0 Å². The van der Waals surface area contributed by atoms with Gasteiger partial charge < -0.3 is 4.98 Å². The standard InChI is InChI=1S/C24H17N2S.C14H15FGeN.Ir/c1-15-14-25-22(13-21(15)17-7-4-3-5-8-17)20-10-6-9-18-19-12-11-16(2)26-24(19)27-23(18)20;1-16(2,3)13-8-9-14(17-10-13)11-4-6-12(15)7-5-11;/h3-9,11-14H,1-2H3;4,6-10H,1-3H3;/q2*-1;/i1D3,2D3;;. The molecule has 0 saturated carbocycles. The molecule has 1 radical (unpaired) electrons. The summed E-state index contributed by atoms with van der Waals surface area (Å²) in [5.41, 5.74) is 4.62. The number of hydrogen-bond acceptors (Lipinski definition) is 4. The van der Waals surface area contributed by atoms with Crippen LogP contribution in [-0.4, -0.2) is 28.2 Å². The van der Waals surface area contributed by atoms with Gasteiger partial charge in [0.15, 0.2) is 0 Å². The molecule has 4 heterocycles. The van der Waals surface area contributed by atoms with Crippen LogP contribution in [0.4, 0.5) is 4.39 Å². The Kier molecular flexibility index (Phi) is 7.88. The van der Waals surface area contributed by atoms with E-state index in [9.17, 15) is 4.39 Å². The summed E-state index contributed by atoms with van der Waals surface area (Å²) in [6.45, 7) is -4.59. The third-order valence-electron chi connectivity index (χ3n) is 7.22. The summed E-state index contributed by atoms with van der Waals surface area (Å²) in [7, 11) is 0. The average Bonchev–Trinajstić information content (AvgIpc) is 3.46. The molecule has 0 fully saturated rings. The molecule has 3 aromatic carbocycles. The van der Waals surface area contributed by atoms with Crippen molar-refractivity contribution < 1.29 is 32.7 Å². The first-order valence-electron chi connectivity index (χ1n) is 17.0. The molecule has 7 aromatic rings. The molecule has 0 aliphatic carbocycles. The predicted molar refractivity (Wildman–Crippen MR) is 186 cm³/mol. The molecule has 0 aliphatic rings. The van der Waals surface area contributed by atoms with Crippen LogP contribution in [0, 0.1) is 31.7 Å². The van der Waals surface area contributed by atoms with Crippen LogP contribution in [-0.2, 0) is 20.1 Å². The average molecular weight is 853 g/mol. The van der Waals surface area contributed by atoms with Gasteiger partial charge in [-0.05, 0) is 52.2 Å². The molecule has 3 nitrogen and oxygen atoms in total. The molecule has 0 saturated heterocycles. The van der Waals surface area contributed by atoms with E-state index in [1.165, 1.54) is 40.1 Å². The van der Waals surface area contributed by atoms with Crippen LogP contribution in [0.25, 0.3) is 53.9 Å². The molecule has 0 aliphatic heterocycles. The van der Waals surface area contributed by atoms with E-state index >= 15 is 0 Å². The van der Waals surface area contributed by atoms with E-state index in [1.54, 1.807) is 24.3 Å². The first-order chi connectivity index (χ1) is 23.6. The number of hydrogen-bond donors (Lipinski definition) is 0. The summed E-state index contributed by atoms with van der Waals surface area (Å²) >= 11 is -0.405. The molecule has 0 unspecified atom stereocenters. The second kappa shape index (κ2) is 13.8. The van der Waals surface area contributed by atoms with Gasteiger partial charge >= 0.3 is 104 Å². The zero-order chi connectivity index (χ0) is 35.8. The van der Waals surface area contributed by atoms with Gasteiger partial charge in [-0.2, -0.15) is 11.3 Å². The Bertz CT molecular complexity index is 2290. The third kappa shape index (κ3) is 7.31. The molecule has 0 amide bonds. The number of thiophene rings is 1. The molecule has 7 heteroatoms. The maximum absolute atomic E-state index is 12.8. The summed E-state index contributed by atoms with van der Waals surface area (Å²) < 4.78 is 61.8. The number of nitrogens with zero attached hydrogens (tertiary/aromatic N) is 3. The first kappa shape index (κ1) is 25.6. The van der Waals surface area contributed by atoms with E-state index in [1.807, 2.05) is 48.7 Å². The predicted octanol–water partition coefficient (Wildman–Crippen LogP) is 9.83. The van der Waals surface area contributed by atoms with E-state index in [-0.39, 0.29) is 37.2 Å². The topological polar surface area (TPSA) is 38.7 Å². The maximum atomic E-state index is 12.8. The number of aryl methyl sites for hydroxylation is 2. The largest absolute Gasteiger partial charge is 0 e. The van der Waals surface area contributed by atoms with Crippen LogP contribution < -0.4 is 4.40 Å². The van der Waals surface area contributed by atoms with Crippen molar-refractivity contribution in [3.05, 3.63) is 133 Å². The Hall–Kier alpha value is -3.55. The Labute approximate surface area is 292 Å². The molecule has 0 bridgehead atoms. The van der Waals surface area contributed by atoms with Crippen LogP contribution in [0.5, 0.6) is 0 Å². The number of halogens is 1. The Morgan fingerprint density at radius 1 is 0.822 bits per heavy atom. The van der Waals surface area contributed by atoms with Crippen molar-refractivity contribution in [1.82, 2.24) is 15.0 Å². The van der Waals surface area contributed by atoms with Crippen LogP contribution in [0.2, 0.25) is 17.3 Å². The Morgan fingerprint density at radius 2 is 1.64 bits per heavy atom. The van der Waals surface area contributed by atoms with Crippen LogP contribution in [0.3, 0.4) is 0 Å². The van der Waals surface area contributed by atoms with Gasteiger partial charge in [-0.1, -0.05) is 47.9 Å². The van der Waals surface area contributed by atoms with Crippen molar-refractivity contribution in [3.63, 3.8) is 0 Å². The molecule has 0 spiro atoms. The fourth-order valence-electron chi connectivity index (χ4n) is 4.82. The normalized spacial score (nSPS) is 13.7. The molecule has 7 rings (SSSR count). The smallest absolute Gasteiger partial charge is 0 e. The van der Waals surface area contributed by atoms with Crippen LogP contribution in [0.1, 0.15) is 19.5 Å². The van der Waals surface area contributed by atoms with Crippen molar-refractivity contribution in [3.8, 4) is 33.6 Å². The summed E-state index contributed by atoms with van der Waals surface area (Å²) in [6.07, 6.45) is 3.36. The monoisotopic (exact) mass is 854 g/mol. The van der Waals surface area contributed by atoms with Crippen molar-refractivity contribution in [2.24, 2.45) is 0 Å². The van der Waals surface area contributed by atoms with Gasteiger partial charge in [-0.3, -0.25) is 0 Å². The number of aromatic nitrogens is 3. The van der Waals surface area contributed by atoms with E-state index in [4.69, 9.17) is 8.22 Å². The number of pyridine rings is 3.